The summed E-state index contributed by atoms with van der Waals surface area (Å²) in [4.78, 5) is 4.82. The second-order valence-corrected chi connectivity index (χ2v) is 7.55. The van der Waals surface area contributed by atoms with Crippen LogP contribution >= 0.6 is 0 Å². The van der Waals surface area contributed by atoms with Gasteiger partial charge in [0.2, 0.25) is 0 Å². The minimum Gasteiger partial charge on any atom is -0.486 e. The second kappa shape index (κ2) is 9.21. The zero-order valence-electron chi connectivity index (χ0n) is 16.7. The van der Waals surface area contributed by atoms with Crippen LogP contribution < -0.4 is 14.4 Å². The van der Waals surface area contributed by atoms with Gasteiger partial charge in [-0.25, -0.2) is 0 Å². The van der Waals surface area contributed by atoms with E-state index in [1.54, 1.807) is 0 Å². The summed E-state index contributed by atoms with van der Waals surface area (Å²) in [5.74, 6) is 4.18. The third-order valence-electron chi connectivity index (χ3n) is 5.79. The standard InChI is InChI=1S/C24H28N2O3/c1-2-22(27)20(19-7-4-3-5-8-19)11-12-25-13-15-26(16-14-25)21-9-6-10-23-24(21)29-18-17-28-23/h1,3-10,20,22,27H,11-18H2. The molecule has 152 valence electrons. The maximum Gasteiger partial charge on any atom is 0.184 e. The number of rotatable bonds is 6. The highest BCUT2D eigenvalue weighted by Crippen LogP contribution is 2.39. The van der Waals surface area contributed by atoms with E-state index in [4.69, 9.17) is 15.9 Å². The maximum absolute atomic E-state index is 10.3. The van der Waals surface area contributed by atoms with Gasteiger partial charge < -0.3 is 19.5 Å². The van der Waals surface area contributed by atoms with E-state index >= 15 is 0 Å². The monoisotopic (exact) mass is 392 g/mol. The molecule has 2 aromatic carbocycles. The van der Waals surface area contributed by atoms with Gasteiger partial charge in [0.15, 0.2) is 11.5 Å². The van der Waals surface area contributed by atoms with E-state index in [-0.39, 0.29) is 5.92 Å². The first kappa shape index (κ1) is 19.6. The average molecular weight is 392 g/mol. The molecule has 0 aromatic heterocycles. The van der Waals surface area contributed by atoms with Gasteiger partial charge in [0.1, 0.15) is 19.3 Å². The lowest BCUT2D eigenvalue weighted by Gasteiger charge is -2.38. The topological polar surface area (TPSA) is 45.2 Å². The van der Waals surface area contributed by atoms with Crippen molar-refractivity contribution in [1.29, 1.82) is 0 Å². The summed E-state index contributed by atoms with van der Waals surface area (Å²) < 4.78 is 11.6. The Balaban J connectivity index is 1.35. The Hall–Kier alpha value is -2.68. The van der Waals surface area contributed by atoms with Crippen LogP contribution in [0.5, 0.6) is 11.5 Å². The zero-order chi connectivity index (χ0) is 20.1. The number of para-hydroxylation sites is 1. The number of anilines is 1. The predicted octanol–water partition coefficient (Wildman–Crippen LogP) is 2.75. The Morgan fingerprint density at radius 2 is 1.72 bits per heavy atom. The van der Waals surface area contributed by atoms with Crippen LogP contribution in [0, 0.1) is 12.3 Å². The van der Waals surface area contributed by atoms with Crippen molar-refractivity contribution >= 4 is 5.69 Å². The molecule has 5 heteroatoms. The van der Waals surface area contributed by atoms with E-state index in [1.807, 2.05) is 42.5 Å². The van der Waals surface area contributed by atoms with Gasteiger partial charge in [-0.05, 0) is 30.7 Å². The third kappa shape index (κ3) is 4.50. The van der Waals surface area contributed by atoms with Gasteiger partial charge in [-0.2, -0.15) is 0 Å². The van der Waals surface area contributed by atoms with Crippen LogP contribution in [0.1, 0.15) is 17.9 Å². The maximum atomic E-state index is 10.3. The molecule has 2 heterocycles. The number of hydrogen-bond acceptors (Lipinski definition) is 5. The molecule has 5 nitrogen and oxygen atoms in total. The van der Waals surface area contributed by atoms with Crippen molar-refractivity contribution in [3.63, 3.8) is 0 Å². The fourth-order valence-electron chi connectivity index (χ4n) is 4.16. The molecule has 1 saturated heterocycles. The summed E-state index contributed by atoms with van der Waals surface area (Å²) in [5.41, 5.74) is 2.22. The predicted molar refractivity (Wildman–Crippen MR) is 115 cm³/mol. The number of terminal acetylenes is 1. The molecule has 0 spiro atoms. The highest BCUT2D eigenvalue weighted by atomic mass is 16.6. The minimum absolute atomic E-state index is 0.0362. The molecule has 0 radical (unpaired) electrons. The molecule has 2 aliphatic heterocycles. The van der Waals surface area contributed by atoms with Crippen LogP contribution in [-0.2, 0) is 0 Å². The molecule has 1 N–H and O–H groups in total. The van der Waals surface area contributed by atoms with Crippen LogP contribution in [0.2, 0.25) is 0 Å². The lowest BCUT2D eigenvalue weighted by molar-refractivity contribution is 0.169. The molecular formula is C24H28N2O3. The van der Waals surface area contributed by atoms with Gasteiger partial charge in [-0.3, -0.25) is 4.90 Å². The summed E-state index contributed by atoms with van der Waals surface area (Å²) in [6, 6.07) is 16.2. The summed E-state index contributed by atoms with van der Waals surface area (Å²) in [6.07, 6.45) is 5.60. The molecular weight excluding hydrogens is 364 g/mol. The van der Waals surface area contributed by atoms with Crippen molar-refractivity contribution < 1.29 is 14.6 Å². The molecule has 0 aliphatic carbocycles. The number of hydrogen-bond donors (Lipinski definition) is 1. The molecule has 2 atom stereocenters. The first-order chi connectivity index (χ1) is 14.3. The van der Waals surface area contributed by atoms with Gasteiger partial charge in [0.05, 0.1) is 5.69 Å². The van der Waals surface area contributed by atoms with Crippen molar-refractivity contribution in [3.05, 3.63) is 54.1 Å². The number of aliphatic hydroxyl groups excluding tert-OH is 1. The van der Waals surface area contributed by atoms with Crippen molar-refractivity contribution in [2.75, 3.05) is 50.8 Å². The Kier molecular flexibility index (Phi) is 6.24. The van der Waals surface area contributed by atoms with E-state index < -0.39 is 6.10 Å². The zero-order valence-corrected chi connectivity index (χ0v) is 16.7. The number of ether oxygens (including phenoxy) is 2. The van der Waals surface area contributed by atoms with E-state index in [0.29, 0.717) is 13.2 Å². The van der Waals surface area contributed by atoms with E-state index in [0.717, 1.165) is 61.9 Å². The van der Waals surface area contributed by atoms with Crippen LogP contribution in [0.15, 0.2) is 48.5 Å². The highest BCUT2D eigenvalue weighted by Gasteiger charge is 2.25. The molecule has 0 amide bonds. The number of benzene rings is 2. The van der Waals surface area contributed by atoms with E-state index in [2.05, 4.69) is 21.8 Å². The molecule has 1 fully saturated rings. The normalized spacial score (nSPS) is 18.7. The van der Waals surface area contributed by atoms with E-state index in [9.17, 15) is 5.11 Å². The molecule has 0 bridgehead atoms. The van der Waals surface area contributed by atoms with Gasteiger partial charge in [0.25, 0.3) is 0 Å². The number of nitrogens with zero attached hydrogens (tertiary/aromatic N) is 2. The van der Waals surface area contributed by atoms with Gasteiger partial charge >= 0.3 is 0 Å². The molecule has 2 unspecified atom stereocenters. The lowest BCUT2D eigenvalue weighted by Crippen LogP contribution is -2.47. The highest BCUT2D eigenvalue weighted by molar-refractivity contribution is 5.65. The second-order valence-electron chi connectivity index (χ2n) is 7.55. The molecule has 0 saturated carbocycles. The Labute approximate surface area is 172 Å². The first-order valence-corrected chi connectivity index (χ1v) is 10.3. The number of aliphatic hydroxyl groups is 1. The van der Waals surface area contributed by atoms with Crippen molar-refractivity contribution in [3.8, 4) is 23.8 Å². The minimum atomic E-state index is -0.758. The van der Waals surface area contributed by atoms with Crippen LogP contribution in [0.25, 0.3) is 0 Å². The SMILES string of the molecule is C#CC(O)C(CCN1CCN(c2cccc3c2OCCO3)CC1)c1ccccc1. The molecule has 4 rings (SSSR count). The largest absolute Gasteiger partial charge is 0.486 e. The lowest BCUT2D eigenvalue weighted by atomic mass is 9.90. The van der Waals surface area contributed by atoms with Crippen molar-refractivity contribution in [2.45, 2.75) is 18.4 Å². The Morgan fingerprint density at radius 1 is 0.966 bits per heavy atom. The van der Waals surface area contributed by atoms with Crippen LogP contribution in [0.3, 0.4) is 0 Å². The molecule has 29 heavy (non-hydrogen) atoms. The van der Waals surface area contributed by atoms with Crippen molar-refractivity contribution in [2.24, 2.45) is 0 Å². The fraction of sp³-hybridized carbons (Fsp3) is 0.417. The first-order valence-electron chi connectivity index (χ1n) is 10.3. The van der Waals surface area contributed by atoms with Crippen LogP contribution in [0.4, 0.5) is 5.69 Å². The van der Waals surface area contributed by atoms with Gasteiger partial charge in [0, 0.05) is 32.1 Å². The number of piperazine rings is 1. The van der Waals surface area contributed by atoms with Crippen molar-refractivity contribution in [1.82, 2.24) is 4.90 Å². The fourth-order valence-corrected chi connectivity index (χ4v) is 4.16. The smallest absolute Gasteiger partial charge is 0.184 e. The number of fused-ring (bicyclic) bond motifs is 1. The van der Waals surface area contributed by atoms with Gasteiger partial charge in [-0.1, -0.05) is 42.3 Å². The molecule has 2 aliphatic rings. The molecule has 2 aromatic rings. The Bertz CT molecular complexity index is 841. The Morgan fingerprint density at radius 3 is 2.48 bits per heavy atom. The summed E-state index contributed by atoms with van der Waals surface area (Å²) in [7, 11) is 0. The summed E-state index contributed by atoms with van der Waals surface area (Å²) in [6.45, 7) is 5.94. The van der Waals surface area contributed by atoms with E-state index in [1.165, 1.54) is 0 Å². The summed E-state index contributed by atoms with van der Waals surface area (Å²) >= 11 is 0. The van der Waals surface area contributed by atoms with Gasteiger partial charge in [-0.15, -0.1) is 6.42 Å². The third-order valence-corrected chi connectivity index (χ3v) is 5.79. The van der Waals surface area contributed by atoms with Crippen LogP contribution in [-0.4, -0.2) is 62.0 Å². The quantitative estimate of drug-likeness (QED) is 0.766. The average Bonchev–Trinajstić information content (AvgIpc) is 2.80. The summed E-state index contributed by atoms with van der Waals surface area (Å²) in [5, 5.41) is 10.3.